The Hall–Kier alpha value is -2.61. The molecule has 1 atom stereocenters. The largest absolute Gasteiger partial charge is 0.433 e. The van der Waals surface area contributed by atoms with E-state index in [1.165, 1.54) is 16.5 Å². The Kier molecular flexibility index (Phi) is 4.74. The van der Waals surface area contributed by atoms with Crippen LogP contribution in [0.15, 0.2) is 42.9 Å². The number of halogens is 3. The number of hydrogen-bond acceptors (Lipinski definition) is 4. The number of fused-ring (bicyclic) bond motifs is 1. The van der Waals surface area contributed by atoms with E-state index in [9.17, 15) is 13.2 Å². The number of likely N-dealkylation sites (N-methyl/N-ethyl adjacent to an activating group) is 1. The highest BCUT2D eigenvalue weighted by Crippen LogP contribution is 2.30. The quantitative estimate of drug-likeness (QED) is 0.682. The highest BCUT2D eigenvalue weighted by molar-refractivity contribution is 5.83. The number of para-hydroxylation sites is 1. The van der Waals surface area contributed by atoms with Crippen molar-refractivity contribution in [3.05, 3.63) is 54.1 Å². The van der Waals surface area contributed by atoms with Gasteiger partial charge in [0.05, 0.1) is 0 Å². The number of nitrogens with zero attached hydrogens (tertiary/aromatic N) is 5. The van der Waals surface area contributed by atoms with Gasteiger partial charge in [-0.15, -0.1) is 0 Å². The molecule has 1 saturated heterocycles. The van der Waals surface area contributed by atoms with E-state index in [1.807, 2.05) is 24.1 Å². The lowest BCUT2D eigenvalue weighted by Crippen LogP contribution is -2.35. The summed E-state index contributed by atoms with van der Waals surface area (Å²) in [6.45, 7) is 2.50. The number of anilines is 1. The highest BCUT2D eigenvalue weighted by Gasteiger charge is 2.34. The van der Waals surface area contributed by atoms with Crippen molar-refractivity contribution in [3.63, 3.8) is 0 Å². The fourth-order valence-corrected chi connectivity index (χ4v) is 3.95. The molecule has 0 bridgehead atoms. The van der Waals surface area contributed by atoms with Crippen LogP contribution in [0.25, 0.3) is 10.9 Å². The number of rotatable bonds is 4. The van der Waals surface area contributed by atoms with Gasteiger partial charge in [-0.3, -0.25) is 4.90 Å². The molecule has 0 amide bonds. The van der Waals surface area contributed by atoms with E-state index in [4.69, 9.17) is 0 Å². The molecule has 1 aliphatic rings. The Morgan fingerprint density at radius 1 is 1.21 bits per heavy atom. The van der Waals surface area contributed by atoms with E-state index < -0.39 is 11.9 Å². The number of likely N-dealkylation sites (tertiary alicyclic amines) is 1. The second-order valence-electron chi connectivity index (χ2n) is 7.33. The zero-order valence-electron chi connectivity index (χ0n) is 15.8. The lowest BCUT2D eigenvalue weighted by Gasteiger charge is -2.26. The van der Waals surface area contributed by atoms with Gasteiger partial charge in [-0.25, -0.2) is 9.97 Å². The van der Waals surface area contributed by atoms with Crippen LogP contribution in [0.2, 0.25) is 0 Å². The zero-order chi connectivity index (χ0) is 19.9. The molecule has 148 valence electrons. The topological polar surface area (TPSA) is 37.2 Å². The van der Waals surface area contributed by atoms with Gasteiger partial charge in [0.1, 0.15) is 17.8 Å². The van der Waals surface area contributed by atoms with Crippen LogP contribution in [-0.4, -0.2) is 45.6 Å². The number of alkyl halides is 3. The first kappa shape index (κ1) is 18.7. The summed E-state index contributed by atoms with van der Waals surface area (Å²) in [4.78, 5) is 11.6. The van der Waals surface area contributed by atoms with Crippen molar-refractivity contribution in [1.82, 2.24) is 19.4 Å². The Bertz CT molecular complexity index is 981. The summed E-state index contributed by atoms with van der Waals surface area (Å²) in [5.41, 5.74) is 1.56. The SMILES string of the molecule is CN(c1cc(C(F)(F)F)ncn1)C1CCN(Cc2cn(C)c3ccccc23)C1. The number of hydrogen-bond donors (Lipinski definition) is 0. The van der Waals surface area contributed by atoms with Crippen molar-refractivity contribution < 1.29 is 13.2 Å². The molecular formula is C20H22F3N5. The van der Waals surface area contributed by atoms with E-state index in [1.54, 1.807) is 7.05 Å². The van der Waals surface area contributed by atoms with Crippen molar-refractivity contribution >= 4 is 16.7 Å². The summed E-state index contributed by atoms with van der Waals surface area (Å²) in [6, 6.07) is 9.44. The van der Waals surface area contributed by atoms with E-state index >= 15 is 0 Å². The van der Waals surface area contributed by atoms with Crippen LogP contribution >= 0.6 is 0 Å². The summed E-state index contributed by atoms with van der Waals surface area (Å²) < 4.78 is 40.9. The van der Waals surface area contributed by atoms with Gasteiger partial charge in [0.2, 0.25) is 0 Å². The van der Waals surface area contributed by atoms with E-state index in [2.05, 4.69) is 37.8 Å². The second-order valence-corrected chi connectivity index (χ2v) is 7.33. The fraction of sp³-hybridized carbons (Fsp3) is 0.400. The Morgan fingerprint density at radius 2 is 2.00 bits per heavy atom. The second kappa shape index (κ2) is 7.09. The van der Waals surface area contributed by atoms with Gasteiger partial charge in [-0.05, 0) is 18.1 Å². The van der Waals surface area contributed by atoms with Crippen molar-refractivity contribution in [3.8, 4) is 0 Å². The van der Waals surface area contributed by atoms with Crippen molar-refractivity contribution in [2.24, 2.45) is 7.05 Å². The van der Waals surface area contributed by atoms with E-state index in [-0.39, 0.29) is 6.04 Å². The normalized spacial score (nSPS) is 18.1. The Morgan fingerprint density at radius 3 is 2.79 bits per heavy atom. The summed E-state index contributed by atoms with van der Waals surface area (Å²) in [7, 11) is 3.84. The summed E-state index contributed by atoms with van der Waals surface area (Å²) in [5.74, 6) is 0.305. The third-order valence-corrected chi connectivity index (χ3v) is 5.47. The first-order valence-electron chi connectivity index (χ1n) is 9.20. The maximum Gasteiger partial charge on any atom is 0.433 e. The van der Waals surface area contributed by atoms with Gasteiger partial charge >= 0.3 is 6.18 Å². The van der Waals surface area contributed by atoms with Crippen LogP contribution in [0.5, 0.6) is 0 Å². The molecule has 3 aromatic rings. The number of benzene rings is 1. The van der Waals surface area contributed by atoms with Crippen LogP contribution in [0.3, 0.4) is 0 Å². The molecule has 5 nitrogen and oxygen atoms in total. The van der Waals surface area contributed by atoms with Crippen molar-refractivity contribution in [1.29, 1.82) is 0 Å². The minimum Gasteiger partial charge on any atom is -0.355 e. The zero-order valence-corrected chi connectivity index (χ0v) is 15.8. The predicted octanol–water partition coefficient (Wildman–Crippen LogP) is 3.70. The summed E-state index contributed by atoms with van der Waals surface area (Å²) in [6.07, 6.45) is -0.444. The van der Waals surface area contributed by atoms with Gasteiger partial charge in [-0.1, -0.05) is 18.2 Å². The molecule has 28 heavy (non-hydrogen) atoms. The average Bonchev–Trinajstić information content (AvgIpc) is 3.26. The van der Waals surface area contributed by atoms with Crippen LogP contribution in [0.4, 0.5) is 19.0 Å². The first-order valence-corrected chi connectivity index (χ1v) is 9.20. The third kappa shape index (κ3) is 3.56. The molecule has 0 aliphatic carbocycles. The van der Waals surface area contributed by atoms with Gasteiger partial charge in [0, 0.05) is 62.9 Å². The molecule has 0 spiro atoms. The van der Waals surface area contributed by atoms with Crippen LogP contribution in [-0.2, 0) is 19.8 Å². The molecule has 1 aromatic carbocycles. The Balaban J connectivity index is 1.47. The van der Waals surface area contributed by atoms with Gasteiger partial charge in [0.15, 0.2) is 0 Å². The molecule has 0 radical (unpaired) electrons. The fourth-order valence-electron chi connectivity index (χ4n) is 3.95. The molecule has 1 fully saturated rings. The van der Waals surface area contributed by atoms with Crippen LogP contribution < -0.4 is 4.90 Å². The predicted molar refractivity (Wildman–Crippen MR) is 102 cm³/mol. The lowest BCUT2D eigenvalue weighted by atomic mass is 10.1. The average molecular weight is 389 g/mol. The van der Waals surface area contributed by atoms with Crippen LogP contribution in [0, 0.1) is 0 Å². The molecule has 4 rings (SSSR count). The van der Waals surface area contributed by atoms with E-state index in [0.717, 1.165) is 38.4 Å². The Labute approximate surface area is 161 Å². The highest BCUT2D eigenvalue weighted by atomic mass is 19.4. The van der Waals surface area contributed by atoms with E-state index in [0.29, 0.717) is 5.82 Å². The summed E-state index contributed by atoms with van der Waals surface area (Å²) >= 11 is 0. The lowest BCUT2D eigenvalue weighted by molar-refractivity contribution is -0.141. The molecule has 0 N–H and O–H groups in total. The van der Waals surface area contributed by atoms with Gasteiger partial charge in [-0.2, -0.15) is 13.2 Å². The number of aryl methyl sites for hydroxylation is 1. The minimum atomic E-state index is -4.46. The molecule has 1 aliphatic heterocycles. The molecule has 8 heteroatoms. The molecule has 3 heterocycles. The molecular weight excluding hydrogens is 367 g/mol. The molecule has 0 saturated carbocycles. The molecule has 2 aromatic heterocycles. The van der Waals surface area contributed by atoms with Gasteiger partial charge < -0.3 is 9.47 Å². The van der Waals surface area contributed by atoms with Crippen molar-refractivity contribution in [2.45, 2.75) is 25.2 Å². The maximum absolute atomic E-state index is 12.9. The maximum atomic E-state index is 12.9. The van der Waals surface area contributed by atoms with Crippen LogP contribution in [0.1, 0.15) is 17.7 Å². The number of aromatic nitrogens is 3. The van der Waals surface area contributed by atoms with Gasteiger partial charge in [0.25, 0.3) is 0 Å². The standard InChI is InChI=1S/C20H22F3N5/c1-26-10-14(16-5-3-4-6-17(16)26)11-28-8-7-15(12-28)27(2)19-9-18(20(21,22)23)24-13-25-19/h3-6,9-10,13,15H,7-8,11-12H2,1-2H3. The third-order valence-electron chi connectivity index (χ3n) is 5.47. The van der Waals surface area contributed by atoms with Crippen molar-refractivity contribution in [2.75, 3.05) is 25.0 Å². The summed E-state index contributed by atoms with van der Waals surface area (Å²) in [5, 5.41) is 1.24. The minimum absolute atomic E-state index is 0.117. The molecule has 1 unspecified atom stereocenters. The smallest absolute Gasteiger partial charge is 0.355 e. The monoisotopic (exact) mass is 389 g/mol. The first-order chi connectivity index (χ1) is 13.3.